The lowest BCUT2D eigenvalue weighted by Gasteiger charge is -2.11. The lowest BCUT2D eigenvalue weighted by Crippen LogP contribution is -2.14. The summed E-state index contributed by atoms with van der Waals surface area (Å²) in [4.78, 5) is 16.1. The summed E-state index contributed by atoms with van der Waals surface area (Å²) >= 11 is 5.54. The fraction of sp³-hybridized carbons (Fsp3) is 0.167. The molecule has 0 aliphatic carbocycles. The molecule has 3 rings (SSSR count). The number of benzene rings is 2. The van der Waals surface area contributed by atoms with Crippen LogP contribution in [0.1, 0.15) is 17.9 Å². The highest BCUT2D eigenvalue weighted by molar-refractivity contribution is 6.31. The number of hydrogen-bond acceptors (Lipinski definition) is 4. The minimum Gasteiger partial charge on any atom is -0.339 e. The van der Waals surface area contributed by atoms with Crippen molar-refractivity contribution in [3.8, 4) is 11.4 Å². The maximum atomic E-state index is 13.2. The molecule has 3 aromatic rings. The maximum absolute atomic E-state index is 13.2. The third kappa shape index (κ3) is 4.86. The Balaban J connectivity index is 1.61. The number of aryl methyl sites for hydroxylation is 1. The van der Waals surface area contributed by atoms with Gasteiger partial charge in [-0.15, -0.1) is 0 Å². The highest BCUT2D eigenvalue weighted by Crippen LogP contribution is 2.36. The van der Waals surface area contributed by atoms with E-state index in [-0.39, 0.29) is 30.2 Å². The first-order valence-electron chi connectivity index (χ1n) is 7.97. The van der Waals surface area contributed by atoms with Gasteiger partial charge in [-0.2, -0.15) is 18.2 Å². The average Bonchev–Trinajstić information content (AvgIpc) is 3.10. The van der Waals surface area contributed by atoms with Gasteiger partial charge in [0, 0.05) is 24.1 Å². The molecule has 0 fully saturated rings. The summed E-state index contributed by atoms with van der Waals surface area (Å²) in [7, 11) is 0. The summed E-state index contributed by atoms with van der Waals surface area (Å²) in [6.45, 7) is 0. The van der Waals surface area contributed by atoms with Gasteiger partial charge in [-0.1, -0.05) is 28.9 Å². The third-order valence-corrected chi connectivity index (χ3v) is 4.00. The van der Waals surface area contributed by atoms with E-state index in [2.05, 4.69) is 15.5 Å². The van der Waals surface area contributed by atoms with E-state index in [1.165, 1.54) is 24.3 Å². The Kier molecular flexibility index (Phi) is 5.64. The first-order valence-corrected chi connectivity index (χ1v) is 8.35. The summed E-state index contributed by atoms with van der Waals surface area (Å²) in [5, 5.41) is 5.62. The van der Waals surface area contributed by atoms with Crippen molar-refractivity contribution in [2.24, 2.45) is 0 Å². The van der Waals surface area contributed by atoms with Crippen molar-refractivity contribution >= 4 is 23.2 Å². The van der Waals surface area contributed by atoms with E-state index in [1.54, 1.807) is 6.07 Å². The van der Waals surface area contributed by atoms with Gasteiger partial charge in [0.15, 0.2) is 0 Å². The van der Waals surface area contributed by atoms with Gasteiger partial charge in [-0.25, -0.2) is 4.39 Å². The van der Waals surface area contributed by atoms with Gasteiger partial charge in [0.25, 0.3) is 0 Å². The highest BCUT2D eigenvalue weighted by Gasteiger charge is 2.33. The van der Waals surface area contributed by atoms with Crippen LogP contribution in [0.3, 0.4) is 0 Å². The van der Waals surface area contributed by atoms with E-state index in [1.807, 2.05) is 0 Å². The molecule has 28 heavy (non-hydrogen) atoms. The Morgan fingerprint density at radius 1 is 1.18 bits per heavy atom. The molecule has 0 radical (unpaired) electrons. The number of rotatable bonds is 5. The van der Waals surface area contributed by atoms with E-state index in [4.69, 9.17) is 16.1 Å². The summed E-state index contributed by atoms with van der Waals surface area (Å²) < 4.78 is 56.8. The number of carbonyl (C=O) groups is 1. The number of amides is 1. The Morgan fingerprint density at radius 3 is 2.68 bits per heavy atom. The van der Waals surface area contributed by atoms with Crippen molar-refractivity contribution in [2.45, 2.75) is 19.0 Å². The average molecular weight is 414 g/mol. The lowest BCUT2D eigenvalue weighted by molar-refractivity contribution is -0.137. The Morgan fingerprint density at radius 2 is 1.96 bits per heavy atom. The standard InChI is InChI=1S/C18H12ClF4N3O2/c19-14-5-4-12(9-13(14)18(21,22)23)24-15(27)6-7-16-25-17(26-28-16)10-2-1-3-11(20)8-10/h1-5,8-9H,6-7H2,(H,24,27). The monoisotopic (exact) mass is 413 g/mol. The van der Waals surface area contributed by atoms with E-state index < -0.39 is 28.5 Å². The van der Waals surface area contributed by atoms with Crippen molar-refractivity contribution in [2.75, 3.05) is 5.32 Å². The van der Waals surface area contributed by atoms with Crippen LogP contribution in [0.15, 0.2) is 47.0 Å². The van der Waals surface area contributed by atoms with Crippen LogP contribution in [0, 0.1) is 5.82 Å². The first-order chi connectivity index (χ1) is 13.2. The topological polar surface area (TPSA) is 68.0 Å². The molecule has 0 bridgehead atoms. The zero-order valence-electron chi connectivity index (χ0n) is 14.1. The molecule has 0 atom stereocenters. The molecular weight excluding hydrogens is 402 g/mol. The largest absolute Gasteiger partial charge is 0.417 e. The summed E-state index contributed by atoms with van der Waals surface area (Å²) in [5.41, 5.74) is -0.656. The molecule has 0 saturated heterocycles. The van der Waals surface area contributed by atoms with Gasteiger partial charge in [0.2, 0.25) is 17.6 Å². The first kappa shape index (κ1) is 19.8. The van der Waals surface area contributed by atoms with E-state index >= 15 is 0 Å². The zero-order valence-corrected chi connectivity index (χ0v) is 14.8. The van der Waals surface area contributed by atoms with Crippen molar-refractivity contribution in [1.29, 1.82) is 0 Å². The predicted octanol–water partition coefficient (Wildman–Crippen LogP) is 5.12. The van der Waals surface area contributed by atoms with Crippen LogP contribution < -0.4 is 5.32 Å². The van der Waals surface area contributed by atoms with Gasteiger partial charge < -0.3 is 9.84 Å². The molecule has 5 nitrogen and oxygen atoms in total. The second-order valence-corrected chi connectivity index (χ2v) is 6.17. The van der Waals surface area contributed by atoms with Gasteiger partial charge in [0.05, 0.1) is 10.6 Å². The second-order valence-electron chi connectivity index (χ2n) is 5.76. The van der Waals surface area contributed by atoms with Crippen LogP contribution in [0.2, 0.25) is 5.02 Å². The number of carbonyl (C=O) groups excluding carboxylic acids is 1. The van der Waals surface area contributed by atoms with Crippen LogP contribution in [0.4, 0.5) is 23.2 Å². The quantitative estimate of drug-likeness (QED) is 0.589. The van der Waals surface area contributed by atoms with Crippen LogP contribution in [-0.2, 0) is 17.4 Å². The van der Waals surface area contributed by atoms with Crippen LogP contribution in [0.25, 0.3) is 11.4 Å². The summed E-state index contributed by atoms with van der Waals surface area (Å²) in [6, 6.07) is 8.69. The van der Waals surface area contributed by atoms with E-state index in [9.17, 15) is 22.4 Å². The smallest absolute Gasteiger partial charge is 0.339 e. The predicted molar refractivity (Wildman–Crippen MR) is 93.1 cm³/mol. The number of anilines is 1. The SMILES string of the molecule is O=C(CCc1nc(-c2cccc(F)c2)no1)Nc1ccc(Cl)c(C(F)(F)F)c1. The molecule has 146 valence electrons. The van der Waals surface area contributed by atoms with Crippen LogP contribution in [-0.4, -0.2) is 16.0 Å². The minimum atomic E-state index is -4.63. The molecule has 2 aromatic carbocycles. The number of alkyl halides is 3. The zero-order chi connectivity index (χ0) is 20.3. The number of aromatic nitrogens is 2. The maximum Gasteiger partial charge on any atom is 0.417 e. The fourth-order valence-corrected chi connectivity index (χ4v) is 2.59. The molecule has 0 aliphatic rings. The number of hydrogen-bond donors (Lipinski definition) is 1. The van der Waals surface area contributed by atoms with Gasteiger partial charge in [-0.05, 0) is 30.3 Å². The molecule has 0 unspecified atom stereocenters. The van der Waals surface area contributed by atoms with Gasteiger partial charge in [-0.3, -0.25) is 4.79 Å². The molecule has 10 heteroatoms. The number of nitrogens with zero attached hydrogens (tertiary/aromatic N) is 2. The molecule has 1 amide bonds. The second kappa shape index (κ2) is 7.97. The van der Waals surface area contributed by atoms with Crippen LogP contribution in [0.5, 0.6) is 0 Å². The van der Waals surface area contributed by atoms with Crippen LogP contribution >= 0.6 is 11.6 Å². The third-order valence-electron chi connectivity index (χ3n) is 3.67. The molecule has 1 heterocycles. The van der Waals surface area contributed by atoms with E-state index in [0.717, 1.165) is 12.1 Å². The lowest BCUT2D eigenvalue weighted by atomic mass is 10.2. The van der Waals surface area contributed by atoms with E-state index in [0.29, 0.717) is 5.56 Å². The molecular formula is C18H12ClF4N3O2. The van der Waals surface area contributed by atoms with Crippen molar-refractivity contribution in [3.63, 3.8) is 0 Å². The Bertz CT molecular complexity index is 1000. The number of nitrogens with one attached hydrogen (secondary N) is 1. The molecule has 0 spiro atoms. The van der Waals surface area contributed by atoms with Gasteiger partial charge >= 0.3 is 6.18 Å². The molecule has 1 N–H and O–H groups in total. The normalized spacial score (nSPS) is 11.5. The molecule has 1 aromatic heterocycles. The summed E-state index contributed by atoms with van der Waals surface area (Å²) in [6.07, 6.45) is -4.67. The van der Waals surface area contributed by atoms with Gasteiger partial charge in [0.1, 0.15) is 5.82 Å². The van der Waals surface area contributed by atoms with Crippen molar-refractivity contribution in [1.82, 2.24) is 10.1 Å². The Labute approximate surface area is 161 Å². The van der Waals surface area contributed by atoms with Crippen molar-refractivity contribution < 1.29 is 26.9 Å². The highest BCUT2D eigenvalue weighted by atomic mass is 35.5. The minimum absolute atomic E-state index is 0.0345. The molecule has 0 aliphatic heterocycles. The number of halogens is 5. The molecule has 0 saturated carbocycles. The Hall–Kier alpha value is -2.94. The summed E-state index contributed by atoms with van der Waals surface area (Å²) in [5.74, 6) is -0.686. The fourth-order valence-electron chi connectivity index (χ4n) is 2.37. The van der Waals surface area contributed by atoms with Crippen molar-refractivity contribution in [3.05, 3.63) is 64.8 Å².